The molecule has 0 saturated carbocycles. The zero-order valence-electron chi connectivity index (χ0n) is 12.1. The van der Waals surface area contributed by atoms with Gasteiger partial charge >= 0.3 is 5.97 Å². The van der Waals surface area contributed by atoms with E-state index >= 15 is 0 Å². The van der Waals surface area contributed by atoms with Crippen molar-refractivity contribution in [1.82, 2.24) is 4.72 Å². The number of rotatable bonds is 5. The highest BCUT2D eigenvalue weighted by Crippen LogP contribution is 2.33. The van der Waals surface area contributed by atoms with Gasteiger partial charge in [0, 0.05) is 15.6 Å². The summed E-state index contributed by atoms with van der Waals surface area (Å²) in [7, 11) is -3.96. The summed E-state index contributed by atoms with van der Waals surface area (Å²) in [4.78, 5) is 11.2. The number of hydrogen-bond acceptors (Lipinski definition) is 3. The number of halogens is 2. The van der Waals surface area contributed by atoms with Crippen LogP contribution in [-0.4, -0.2) is 25.0 Å². The Labute approximate surface area is 134 Å². The number of benzene rings is 1. The topological polar surface area (TPSA) is 83.5 Å². The molecule has 0 amide bonds. The van der Waals surface area contributed by atoms with Crippen molar-refractivity contribution in [2.24, 2.45) is 5.41 Å². The molecular weight excluding hydrogens is 337 g/mol. The van der Waals surface area contributed by atoms with Crippen molar-refractivity contribution in [3.05, 3.63) is 28.2 Å². The van der Waals surface area contributed by atoms with Crippen molar-refractivity contribution in [2.75, 3.05) is 0 Å². The van der Waals surface area contributed by atoms with E-state index in [1.165, 1.54) is 45.9 Å². The molecule has 0 bridgehead atoms. The number of carbonyl (C=O) groups is 1. The third kappa shape index (κ3) is 3.88. The molecule has 5 nitrogen and oxygen atoms in total. The summed E-state index contributed by atoms with van der Waals surface area (Å²) in [6.07, 6.45) is 0. The van der Waals surface area contributed by atoms with Crippen LogP contribution in [0.2, 0.25) is 10.0 Å². The Kier molecular flexibility index (Phi) is 5.00. The van der Waals surface area contributed by atoms with E-state index in [0.29, 0.717) is 0 Å². The first-order valence-electron chi connectivity index (χ1n) is 6.03. The lowest BCUT2D eigenvalue weighted by Gasteiger charge is -2.38. The summed E-state index contributed by atoms with van der Waals surface area (Å²) in [6, 6.07) is 3.91. The Morgan fingerprint density at radius 3 is 1.90 bits per heavy atom. The van der Waals surface area contributed by atoms with Crippen LogP contribution in [0.3, 0.4) is 0 Å². The summed E-state index contributed by atoms with van der Waals surface area (Å²) in [6.45, 7) is 5.90. The average Bonchev–Trinajstić information content (AvgIpc) is 2.25. The van der Waals surface area contributed by atoms with Gasteiger partial charge in [0.05, 0.1) is 10.3 Å². The average molecular weight is 354 g/mol. The molecule has 0 aliphatic rings. The number of hydrogen-bond donors (Lipinski definition) is 2. The lowest BCUT2D eigenvalue weighted by molar-refractivity contribution is -0.150. The van der Waals surface area contributed by atoms with Crippen LogP contribution in [-0.2, 0) is 14.8 Å². The first kappa shape index (κ1) is 18.2. The van der Waals surface area contributed by atoms with E-state index < -0.39 is 26.9 Å². The standard InChI is InChI=1S/C13H17Cl2NO4S/c1-12(2,11(17)18)13(3,4)16-21(19,20)10-6-8(14)5-9(15)7-10/h5-7,16H,1-4H3,(H,17,18). The SMILES string of the molecule is CC(C)(NS(=O)(=O)c1cc(Cl)cc(Cl)c1)C(C)(C)C(=O)O. The molecule has 0 aliphatic carbocycles. The van der Waals surface area contributed by atoms with Gasteiger partial charge in [-0.2, -0.15) is 0 Å². The lowest BCUT2D eigenvalue weighted by Crippen LogP contribution is -2.56. The van der Waals surface area contributed by atoms with E-state index in [9.17, 15) is 18.3 Å². The van der Waals surface area contributed by atoms with Crippen LogP contribution >= 0.6 is 23.2 Å². The number of aliphatic carboxylic acids is 1. The molecule has 1 aromatic rings. The minimum Gasteiger partial charge on any atom is -0.481 e. The molecule has 21 heavy (non-hydrogen) atoms. The first-order chi connectivity index (χ1) is 9.29. The molecule has 2 N–H and O–H groups in total. The third-order valence-electron chi connectivity index (χ3n) is 3.63. The third-order valence-corrected chi connectivity index (χ3v) is 5.70. The van der Waals surface area contributed by atoms with Gasteiger partial charge in [-0.25, -0.2) is 13.1 Å². The molecule has 0 atom stereocenters. The van der Waals surface area contributed by atoms with Gasteiger partial charge in [0.25, 0.3) is 0 Å². The van der Waals surface area contributed by atoms with E-state index in [-0.39, 0.29) is 14.9 Å². The minimum atomic E-state index is -3.96. The van der Waals surface area contributed by atoms with Gasteiger partial charge in [-0.05, 0) is 45.9 Å². The first-order valence-corrected chi connectivity index (χ1v) is 8.27. The molecular formula is C13H17Cl2NO4S. The van der Waals surface area contributed by atoms with Crippen molar-refractivity contribution < 1.29 is 18.3 Å². The van der Waals surface area contributed by atoms with Gasteiger partial charge in [0.15, 0.2) is 0 Å². The van der Waals surface area contributed by atoms with Crippen LogP contribution in [0.25, 0.3) is 0 Å². The number of nitrogens with one attached hydrogen (secondary N) is 1. The molecule has 0 spiro atoms. The van der Waals surface area contributed by atoms with Gasteiger partial charge < -0.3 is 5.11 Å². The van der Waals surface area contributed by atoms with Gasteiger partial charge in [-0.3, -0.25) is 4.79 Å². The van der Waals surface area contributed by atoms with Crippen LogP contribution in [0.4, 0.5) is 0 Å². The van der Waals surface area contributed by atoms with Gasteiger partial charge in [-0.1, -0.05) is 23.2 Å². The summed E-state index contributed by atoms with van der Waals surface area (Å²) < 4.78 is 27.2. The van der Waals surface area contributed by atoms with Crippen molar-refractivity contribution in [3.8, 4) is 0 Å². The summed E-state index contributed by atoms with van der Waals surface area (Å²) in [5.74, 6) is -1.11. The zero-order chi connectivity index (χ0) is 16.6. The molecule has 118 valence electrons. The Morgan fingerprint density at radius 1 is 1.10 bits per heavy atom. The predicted molar refractivity (Wildman–Crippen MR) is 82.3 cm³/mol. The smallest absolute Gasteiger partial charge is 0.310 e. The maximum absolute atomic E-state index is 12.4. The molecule has 0 aliphatic heterocycles. The fourth-order valence-electron chi connectivity index (χ4n) is 1.47. The highest BCUT2D eigenvalue weighted by Gasteiger charge is 2.46. The second kappa shape index (κ2) is 5.76. The van der Waals surface area contributed by atoms with Crippen molar-refractivity contribution >= 4 is 39.2 Å². The summed E-state index contributed by atoms with van der Waals surface area (Å²) in [5.41, 5.74) is -2.55. The normalized spacial score (nSPS) is 13.2. The molecule has 0 radical (unpaired) electrons. The van der Waals surface area contributed by atoms with Crippen LogP contribution < -0.4 is 4.72 Å². The van der Waals surface area contributed by atoms with Gasteiger partial charge in [0.1, 0.15) is 0 Å². The predicted octanol–water partition coefficient (Wildman–Crippen LogP) is 3.16. The van der Waals surface area contributed by atoms with E-state index in [4.69, 9.17) is 23.2 Å². The van der Waals surface area contributed by atoms with Crippen molar-refractivity contribution in [1.29, 1.82) is 0 Å². The van der Waals surface area contributed by atoms with Crippen molar-refractivity contribution in [3.63, 3.8) is 0 Å². The lowest BCUT2D eigenvalue weighted by atomic mass is 9.75. The quantitative estimate of drug-likeness (QED) is 0.851. The summed E-state index contributed by atoms with van der Waals surface area (Å²) in [5, 5.41) is 9.61. The van der Waals surface area contributed by atoms with Crippen LogP contribution in [0, 0.1) is 5.41 Å². The Morgan fingerprint density at radius 2 is 1.52 bits per heavy atom. The number of carboxylic acids is 1. The Balaban J connectivity index is 3.24. The second-order valence-electron chi connectivity index (χ2n) is 5.77. The van der Waals surface area contributed by atoms with E-state index in [2.05, 4.69) is 4.72 Å². The fraction of sp³-hybridized carbons (Fsp3) is 0.462. The highest BCUT2D eigenvalue weighted by atomic mass is 35.5. The molecule has 0 heterocycles. The zero-order valence-corrected chi connectivity index (χ0v) is 14.4. The molecule has 1 aromatic carbocycles. The maximum Gasteiger partial charge on any atom is 0.310 e. The number of carboxylic acid groups (broad SMARTS) is 1. The molecule has 8 heteroatoms. The summed E-state index contributed by atoms with van der Waals surface area (Å²) >= 11 is 11.6. The van der Waals surface area contributed by atoms with Crippen LogP contribution in [0.1, 0.15) is 27.7 Å². The highest BCUT2D eigenvalue weighted by molar-refractivity contribution is 7.89. The monoisotopic (exact) mass is 353 g/mol. The Bertz CT molecular complexity index is 648. The molecule has 0 aromatic heterocycles. The molecule has 0 saturated heterocycles. The maximum atomic E-state index is 12.4. The molecule has 0 fully saturated rings. The van der Waals surface area contributed by atoms with Gasteiger partial charge in [0.2, 0.25) is 10.0 Å². The van der Waals surface area contributed by atoms with Gasteiger partial charge in [-0.15, -0.1) is 0 Å². The van der Waals surface area contributed by atoms with E-state index in [0.717, 1.165) is 0 Å². The Hall–Kier alpha value is -0.820. The van der Waals surface area contributed by atoms with Crippen LogP contribution in [0.5, 0.6) is 0 Å². The minimum absolute atomic E-state index is 0.116. The van der Waals surface area contributed by atoms with Crippen molar-refractivity contribution in [2.45, 2.75) is 38.1 Å². The second-order valence-corrected chi connectivity index (χ2v) is 8.32. The molecule has 0 unspecified atom stereocenters. The van der Waals surface area contributed by atoms with Crippen LogP contribution in [0.15, 0.2) is 23.1 Å². The fourth-order valence-corrected chi connectivity index (χ4v) is 3.74. The van der Waals surface area contributed by atoms with E-state index in [1.807, 2.05) is 0 Å². The number of sulfonamides is 1. The molecule has 1 rings (SSSR count). The largest absolute Gasteiger partial charge is 0.481 e. The van der Waals surface area contributed by atoms with E-state index in [1.54, 1.807) is 0 Å².